The summed E-state index contributed by atoms with van der Waals surface area (Å²) in [5, 5.41) is 1.28. The molecule has 0 spiro atoms. The highest BCUT2D eigenvalue weighted by Crippen LogP contribution is 2.23. The first-order valence-electron chi connectivity index (χ1n) is 6.71. The molecule has 1 heterocycles. The van der Waals surface area contributed by atoms with Gasteiger partial charge in [0.15, 0.2) is 0 Å². The lowest BCUT2D eigenvalue weighted by molar-refractivity contribution is 0.934. The Balaban J connectivity index is 1.96. The number of nitrogens with one attached hydrogen (secondary N) is 1. The molecule has 0 fully saturated rings. The van der Waals surface area contributed by atoms with Crippen molar-refractivity contribution in [2.24, 2.45) is 0 Å². The molecule has 0 aliphatic carbocycles. The molecule has 0 saturated heterocycles. The average molecular weight is 248 g/mol. The van der Waals surface area contributed by atoms with Crippen LogP contribution in [0.4, 0.5) is 0 Å². The molecule has 2 aromatic carbocycles. The van der Waals surface area contributed by atoms with Gasteiger partial charge in [-0.1, -0.05) is 37.3 Å². The number of hydrogen-bond donors (Lipinski definition) is 1. The van der Waals surface area contributed by atoms with E-state index in [2.05, 4.69) is 67.4 Å². The van der Waals surface area contributed by atoms with Gasteiger partial charge in [0.25, 0.3) is 0 Å². The van der Waals surface area contributed by atoms with Crippen molar-refractivity contribution in [3.8, 4) is 0 Å². The maximum atomic E-state index is 4.15. The summed E-state index contributed by atoms with van der Waals surface area (Å²) in [7, 11) is 0. The third kappa shape index (κ3) is 2.41. The third-order valence-electron chi connectivity index (χ3n) is 3.60. The molecular formula is C18H18N. The Morgan fingerprint density at radius 1 is 1.11 bits per heavy atom. The molecule has 0 amide bonds. The molecule has 0 aliphatic heterocycles. The normalized spacial score (nSPS) is 11.3. The topological polar surface area (TPSA) is 15.8 Å². The minimum atomic E-state index is 0.326. The van der Waals surface area contributed by atoms with Gasteiger partial charge in [0.2, 0.25) is 0 Å². The lowest BCUT2D eigenvalue weighted by Crippen LogP contribution is -1.97. The predicted molar refractivity (Wildman–Crippen MR) is 81.3 cm³/mol. The van der Waals surface area contributed by atoms with Crippen molar-refractivity contribution < 1.29 is 0 Å². The van der Waals surface area contributed by atoms with Gasteiger partial charge in [-0.15, -0.1) is 0 Å². The molecule has 1 aromatic heterocycles. The van der Waals surface area contributed by atoms with Crippen molar-refractivity contribution in [1.29, 1.82) is 0 Å². The smallest absolute Gasteiger partial charge is 0.0454 e. The zero-order valence-electron chi connectivity index (χ0n) is 11.2. The van der Waals surface area contributed by atoms with E-state index in [-0.39, 0.29) is 0 Å². The second-order valence-electron chi connectivity index (χ2n) is 5.18. The van der Waals surface area contributed by atoms with Crippen LogP contribution >= 0.6 is 0 Å². The number of H-pyrrole nitrogens is 1. The fourth-order valence-corrected chi connectivity index (χ4v) is 2.61. The standard InChI is InChI=1S/C18H18N/c1-13(2)17-6-4-3-5-15(17)11-14-7-8-18-16(12-14)9-10-19-18/h3-10,12-13,19H,1,11H2,2H3/t13-/m1/s1. The molecule has 19 heavy (non-hydrogen) atoms. The first-order valence-corrected chi connectivity index (χ1v) is 6.71. The number of aromatic nitrogens is 1. The summed E-state index contributed by atoms with van der Waals surface area (Å²) in [5.41, 5.74) is 5.26. The van der Waals surface area contributed by atoms with Crippen molar-refractivity contribution in [3.05, 3.63) is 78.3 Å². The Hall–Kier alpha value is -2.02. The van der Waals surface area contributed by atoms with Gasteiger partial charge in [-0.3, -0.25) is 0 Å². The van der Waals surface area contributed by atoms with E-state index in [4.69, 9.17) is 0 Å². The van der Waals surface area contributed by atoms with Crippen molar-refractivity contribution in [2.75, 3.05) is 0 Å². The molecule has 0 unspecified atom stereocenters. The minimum Gasteiger partial charge on any atom is -0.361 e. The molecule has 3 aromatic rings. The SMILES string of the molecule is [CH2][C@H](C)c1ccccc1Cc1ccc2[nH]ccc2c1. The highest BCUT2D eigenvalue weighted by molar-refractivity contribution is 5.80. The minimum absolute atomic E-state index is 0.326. The highest BCUT2D eigenvalue weighted by atomic mass is 14.7. The average Bonchev–Trinajstić information content (AvgIpc) is 2.86. The van der Waals surface area contributed by atoms with Gasteiger partial charge in [0.1, 0.15) is 0 Å². The Bertz CT molecular complexity index is 691. The van der Waals surface area contributed by atoms with E-state index in [9.17, 15) is 0 Å². The van der Waals surface area contributed by atoms with Crippen LogP contribution < -0.4 is 0 Å². The number of rotatable bonds is 3. The molecule has 0 aliphatic rings. The van der Waals surface area contributed by atoms with Crippen molar-refractivity contribution in [3.63, 3.8) is 0 Å². The Morgan fingerprint density at radius 2 is 1.95 bits per heavy atom. The summed E-state index contributed by atoms with van der Waals surface area (Å²) < 4.78 is 0. The third-order valence-corrected chi connectivity index (χ3v) is 3.60. The quantitative estimate of drug-likeness (QED) is 0.691. The van der Waals surface area contributed by atoms with E-state index < -0.39 is 0 Å². The van der Waals surface area contributed by atoms with Crippen LogP contribution in [0.2, 0.25) is 0 Å². The Kier molecular flexibility index (Phi) is 3.12. The summed E-state index contributed by atoms with van der Waals surface area (Å²) in [6.45, 7) is 6.29. The molecule has 0 saturated carbocycles. The van der Waals surface area contributed by atoms with Crippen molar-refractivity contribution in [1.82, 2.24) is 4.98 Å². The number of hydrogen-bond acceptors (Lipinski definition) is 0. The van der Waals surface area contributed by atoms with Gasteiger partial charge < -0.3 is 4.98 Å². The molecule has 1 N–H and O–H groups in total. The highest BCUT2D eigenvalue weighted by Gasteiger charge is 2.07. The van der Waals surface area contributed by atoms with Crippen LogP contribution in [-0.4, -0.2) is 4.98 Å². The summed E-state index contributed by atoms with van der Waals surface area (Å²) in [6.07, 6.45) is 2.96. The van der Waals surface area contributed by atoms with Gasteiger partial charge in [-0.2, -0.15) is 0 Å². The van der Waals surface area contributed by atoms with E-state index in [1.54, 1.807) is 0 Å². The van der Waals surface area contributed by atoms with Crippen LogP contribution in [0.1, 0.15) is 29.5 Å². The summed E-state index contributed by atoms with van der Waals surface area (Å²) in [6, 6.07) is 17.3. The lowest BCUT2D eigenvalue weighted by atomic mass is 9.93. The van der Waals surface area contributed by atoms with Gasteiger partial charge in [-0.25, -0.2) is 0 Å². The van der Waals surface area contributed by atoms with Gasteiger partial charge >= 0.3 is 0 Å². The molecule has 1 heteroatoms. The van der Waals surface area contributed by atoms with Gasteiger partial charge in [0.05, 0.1) is 0 Å². The van der Waals surface area contributed by atoms with Crippen LogP contribution in [0.5, 0.6) is 0 Å². The Labute approximate surface area is 114 Å². The summed E-state index contributed by atoms with van der Waals surface area (Å²) in [4.78, 5) is 3.23. The van der Waals surface area contributed by atoms with Crippen LogP contribution in [0, 0.1) is 6.92 Å². The maximum Gasteiger partial charge on any atom is 0.0454 e. The molecule has 3 rings (SSSR count). The van der Waals surface area contributed by atoms with Crippen LogP contribution in [0.3, 0.4) is 0 Å². The summed E-state index contributed by atoms with van der Waals surface area (Å²) >= 11 is 0. The van der Waals surface area contributed by atoms with E-state index in [0.29, 0.717) is 5.92 Å². The molecule has 1 atom stereocenters. The zero-order chi connectivity index (χ0) is 13.2. The summed E-state index contributed by atoms with van der Waals surface area (Å²) in [5.74, 6) is 0.326. The molecule has 1 radical (unpaired) electrons. The van der Waals surface area contributed by atoms with Crippen molar-refractivity contribution in [2.45, 2.75) is 19.3 Å². The molecular weight excluding hydrogens is 230 g/mol. The Morgan fingerprint density at radius 3 is 2.79 bits per heavy atom. The maximum absolute atomic E-state index is 4.15. The predicted octanol–water partition coefficient (Wildman–Crippen LogP) is 4.70. The van der Waals surface area contributed by atoms with Crippen LogP contribution in [0.15, 0.2) is 54.7 Å². The first kappa shape index (κ1) is 12.0. The van der Waals surface area contributed by atoms with E-state index in [1.165, 1.54) is 27.6 Å². The van der Waals surface area contributed by atoms with Gasteiger partial charge in [0, 0.05) is 11.7 Å². The van der Waals surface area contributed by atoms with Crippen molar-refractivity contribution >= 4 is 10.9 Å². The number of fused-ring (bicyclic) bond motifs is 1. The van der Waals surface area contributed by atoms with Gasteiger partial charge in [-0.05, 0) is 59.5 Å². The molecule has 0 bridgehead atoms. The van der Waals surface area contributed by atoms with Crippen LogP contribution in [0.25, 0.3) is 10.9 Å². The lowest BCUT2D eigenvalue weighted by Gasteiger charge is -2.12. The second kappa shape index (κ2) is 4.93. The van der Waals surface area contributed by atoms with Crippen LogP contribution in [-0.2, 0) is 6.42 Å². The second-order valence-corrected chi connectivity index (χ2v) is 5.18. The number of aromatic amines is 1. The first-order chi connectivity index (χ1) is 9.24. The molecule has 1 nitrogen and oxygen atoms in total. The van der Waals surface area contributed by atoms with E-state index in [1.807, 2.05) is 6.20 Å². The zero-order valence-corrected chi connectivity index (χ0v) is 11.2. The molecule has 95 valence electrons. The largest absolute Gasteiger partial charge is 0.361 e. The fraction of sp³-hybridized carbons (Fsp3) is 0.167. The number of benzene rings is 2. The van der Waals surface area contributed by atoms with E-state index >= 15 is 0 Å². The monoisotopic (exact) mass is 248 g/mol. The van der Waals surface area contributed by atoms with E-state index in [0.717, 1.165) is 6.42 Å². The fourth-order valence-electron chi connectivity index (χ4n) is 2.61.